The zero-order chi connectivity index (χ0) is 24.1. The maximum Gasteiger partial charge on any atom is 0.261 e. The van der Waals surface area contributed by atoms with Crippen LogP contribution in [0.15, 0.2) is 65.1 Å². The van der Waals surface area contributed by atoms with E-state index in [-0.39, 0.29) is 24.5 Å². The summed E-state index contributed by atoms with van der Waals surface area (Å²) in [5.41, 5.74) is 2.13. The standard InChI is InChI=1S/C28H31BrN2O3/c1-19-11-13-21(14-12-19)17-31(20(2)28(33)30-23-8-4-5-9-23)26(32)18-34-25-16-15-22-7-3-6-10-24(22)27(25)29/h3,6-7,10-16,20,23H,4-5,8-9,17-18H2,1-2H3,(H,30,33)/t20-/m0/s1. The third-order valence-corrected chi connectivity index (χ3v) is 7.34. The molecule has 5 nitrogen and oxygen atoms in total. The number of rotatable bonds is 8. The Morgan fingerprint density at radius 3 is 2.50 bits per heavy atom. The summed E-state index contributed by atoms with van der Waals surface area (Å²) in [4.78, 5) is 28.0. The number of aryl methyl sites for hydroxylation is 1. The van der Waals surface area contributed by atoms with Crippen molar-refractivity contribution in [3.63, 3.8) is 0 Å². The van der Waals surface area contributed by atoms with Gasteiger partial charge in [0.25, 0.3) is 5.91 Å². The number of benzene rings is 3. The molecule has 4 rings (SSSR count). The fourth-order valence-corrected chi connectivity index (χ4v) is 5.02. The van der Waals surface area contributed by atoms with Crippen molar-refractivity contribution in [2.24, 2.45) is 0 Å². The third kappa shape index (κ3) is 5.79. The number of amides is 2. The molecule has 0 aromatic heterocycles. The predicted molar refractivity (Wildman–Crippen MR) is 139 cm³/mol. The summed E-state index contributed by atoms with van der Waals surface area (Å²) in [5, 5.41) is 5.24. The van der Waals surface area contributed by atoms with Gasteiger partial charge in [-0.05, 0) is 65.0 Å². The fraction of sp³-hybridized carbons (Fsp3) is 0.357. The monoisotopic (exact) mass is 522 g/mol. The molecule has 1 saturated carbocycles. The second-order valence-electron chi connectivity index (χ2n) is 9.06. The predicted octanol–water partition coefficient (Wildman–Crippen LogP) is 5.77. The number of hydrogen-bond acceptors (Lipinski definition) is 3. The molecule has 0 unspecified atom stereocenters. The lowest BCUT2D eigenvalue weighted by atomic mass is 10.1. The Balaban J connectivity index is 1.49. The van der Waals surface area contributed by atoms with E-state index in [0.717, 1.165) is 52.1 Å². The van der Waals surface area contributed by atoms with Gasteiger partial charge in [0.2, 0.25) is 5.91 Å². The van der Waals surface area contributed by atoms with Crippen LogP contribution in [-0.4, -0.2) is 35.4 Å². The normalized spacial score (nSPS) is 14.7. The number of nitrogens with one attached hydrogen (secondary N) is 1. The van der Waals surface area contributed by atoms with Crippen LogP contribution in [-0.2, 0) is 16.1 Å². The number of halogens is 1. The summed E-state index contributed by atoms with van der Waals surface area (Å²) in [5.74, 6) is 0.263. The first kappa shape index (κ1) is 24.3. The highest BCUT2D eigenvalue weighted by molar-refractivity contribution is 9.10. The molecule has 0 saturated heterocycles. The summed E-state index contributed by atoms with van der Waals surface area (Å²) in [6, 6.07) is 19.5. The van der Waals surface area contributed by atoms with Crippen molar-refractivity contribution >= 4 is 38.5 Å². The van der Waals surface area contributed by atoms with Gasteiger partial charge in [-0.3, -0.25) is 9.59 Å². The summed E-state index contributed by atoms with van der Waals surface area (Å²) in [6.45, 7) is 4.02. The van der Waals surface area contributed by atoms with Crippen LogP contribution < -0.4 is 10.1 Å². The van der Waals surface area contributed by atoms with Crippen LogP contribution in [0.5, 0.6) is 5.75 Å². The molecular weight excluding hydrogens is 492 g/mol. The van der Waals surface area contributed by atoms with Crippen LogP contribution in [0.2, 0.25) is 0 Å². The molecule has 2 amide bonds. The smallest absolute Gasteiger partial charge is 0.261 e. The molecule has 0 heterocycles. The fourth-order valence-electron chi connectivity index (χ4n) is 4.41. The van der Waals surface area contributed by atoms with Crippen LogP contribution in [0.3, 0.4) is 0 Å². The molecule has 1 fully saturated rings. The van der Waals surface area contributed by atoms with Gasteiger partial charge < -0.3 is 15.0 Å². The van der Waals surface area contributed by atoms with E-state index in [0.29, 0.717) is 12.3 Å². The van der Waals surface area contributed by atoms with Crippen LogP contribution in [0.25, 0.3) is 10.8 Å². The van der Waals surface area contributed by atoms with Crippen molar-refractivity contribution in [3.8, 4) is 5.75 Å². The molecule has 1 N–H and O–H groups in total. The van der Waals surface area contributed by atoms with Crippen molar-refractivity contribution in [3.05, 3.63) is 76.3 Å². The van der Waals surface area contributed by atoms with Crippen molar-refractivity contribution in [2.75, 3.05) is 6.61 Å². The molecule has 1 atom stereocenters. The number of carbonyl (C=O) groups is 2. The van der Waals surface area contributed by atoms with Gasteiger partial charge in [0.05, 0.1) is 4.47 Å². The van der Waals surface area contributed by atoms with Gasteiger partial charge >= 0.3 is 0 Å². The highest BCUT2D eigenvalue weighted by atomic mass is 79.9. The minimum atomic E-state index is -0.599. The van der Waals surface area contributed by atoms with Gasteiger partial charge in [0.1, 0.15) is 11.8 Å². The molecule has 1 aliphatic carbocycles. The number of hydrogen-bond donors (Lipinski definition) is 1. The first-order valence-corrected chi connectivity index (χ1v) is 12.7. The van der Waals surface area contributed by atoms with E-state index < -0.39 is 6.04 Å². The summed E-state index contributed by atoms with van der Waals surface area (Å²) < 4.78 is 6.75. The van der Waals surface area contributed by atoms with Gasteiger partial charge in [-0.1, -0.05) is 73.0 Å². The SMILES string of the molecule is Cc1ccc(CN(C(=O)COc2ccc3ccccc3c2Br)[C@@H](C)C(=O)NC2CCCC2)cc1. The van der Waals surface area contributed by atoms with Gasteiger partial charge in [0, 0.05) is 12.6 Å². The van der Waals surface area contributed by atoms with E-state index in [1.165, 1.54) is 0 Å². The number of fused-ring (bicyclic) bond motifs is 1. The Labute approximate surface area is 209 Å². The third-order valence-electron chi connectivity index (χ3n) is 6.52. The largest absolute Gasteiger partial charge is 0.483 e. The second-order valence-corrected chi connectivity index (χ2v) is 9.85. The lowest BCUT2D eigenvalue weighted by molar-refractivity contribution is -0.142. The van der Waals surface area contributed by atoms with Crippen molar-refractivity contribution in [1.29, 1.82) is 0 Å². The number of carbonyl (C=O) groups excluding carboxylic acids is 2. The second kappa shape index (κ2) is 11.0. The molecular formula is C28H31BrN2O3. The molecule has 3 aromatic rings. The van der Waals surface area contributed by atoms with E-state index in [1.807, 2.05) is 67.6 Å². The molecule has 1 aliphatic rings. The summed E-state index contributed by atoms with van der Waals surface area (Å²) in [6.07, 6.45) is 4.28. The van der Waals surface area contributed by atoms with E-state index in [2.05, 4.69) is 21.2 Å². The molecule has 34 heavy (non-hydrogen) atoms. The summed E-state index contributed by atoms with van der Waals surface area (Å²) in [7, 11) is 0. The Morgan fingerprint density at radius 1 is 1.06 bits per heavy atom. The maximum absolute atomic E-state index is 13.4. The quantitative estimate of drug-likeness (QED) is 0.408. The van der Waals surface area contributed by atoms with Gasteiger partial charge in [-0.25, -0.2) is 0 Å². The Hall–Kier alpha value is -2.86. The maximum atomic E-state index is 13.4. The van der Waals surface area contributed by atoms with Crippen LogP contribution in [0, 0.1) is 6.92 Å². The van der Waals surface area contributed by atoms with E-state index in [9.17, 15) is 9.59 Å². The van der Waals surface area contributed by atoms with Crippen LogP contribution in [0.1, 0.15) is 43.7 Å². The molecule has 6 heteroatoms. The molecule has 0 spiro atoms. The number of nitrogens with zero attached hydrogens (tertiary/aromatic N) is 1. The van der Waals surface area contributed by atoms with Crippen LogP contribution in [0.4, 0.5) is 0 Å². The van der Waals surface area contributed by atoms with Crippen LogP contribution >= 0.6 is 15.9 Å². The topological polar surface area (TPSA) is 58.6 Å². The molecule has 0 bridgehead atoms. The van der Waals surface area contributed by atoms with Crippen molar-refractivity contribution in [1.82, 2.24) is 10.2 Å². The van der Waals surface area contributed by atoms with E-state index >= 15 is 0 Å². The van der Waals surface area contributed by atoms with Gasteiger partial charge in [-0.2, -0.15) is 0 Å². The molecule has 0 aliphatic heterocycles. The van der Waals surface area contributed by atoms with Gasteiger partial charge in [-0.15, -0.1) is 0 Å². The molecule has 3 aromatic carbocycles. The average molecular weight is 523 g/mol. The van der Waals surface area contributed by atoms with E-state index in [4.69, 9.17) is 4.74 Å². The first-order valence-electron chi connectivity index (χ1n) is 11.9. The van der Waals surface area contributed by atoms with Crippen molar-refractivity contribution < 1.29 is 14.3 Å². The minimum Gasteiger partial charge on any atom is -0.483 e. The average Bonchev–Trinajstić information content (AvgIpc) is 3.36. The number of ether oxygens (including phenoxy) is 1. The van der Waals surface area contributed by atoms with Gasteiger partial charge in [0.15, 0.2) is 6.61 Å². The Bertz CT molecular complexity index is 1160. The molecule has 178 valence electrons. The lowest BCUT2D eigenvalue weighted by Gasteiger charge is -2.29. The zero-order valence-corrected chi connectivity index (χ0v) is 21.3. The van der Waals surface area contributed by atoms with E-state index in [1.54, 1.807) is 11.8 Å². The summed E-state index contributed by atoms with van der Waals surface area (Å²) >= 11 is 3.62. The lowest BCUT2D eigenvalue weighted by Crippen LogP contribution is -2.50. The first-order chi connectivity index (χ1) is 16.4. The highest BCUT2D eigenvalue weighted by Gasteiger charge is 2.29. The minimum absolute atomic E-state index is 0.112. The zero-order valence-electron chi connectivity index (χ0n) is 19.7. The Kier molecular flexibility index (Phi) is 7.88. The highest BCUT2D eigenvalue weighted by Crippen LogP contribution is 2.33. The molecule has 0 radical (unpaired) electrons. The van der Waals surface area contributed by atoms with Crippen molar-refractivity contribution in [2.45, 2.75) is 58.2 Å². The Morgan fingerprint density at radius 2 is 1.76 bits per heavy atom.